The summed E-state index contributed by atoms with van der Waals surface area (Å²) in [6, 6.07) is 8.81. The Morgan fingerprint density at radius 2 is 1.78 bits per heavy atom. The average Bonchev–Trinajstić information content (AvgIpc) is 2.67. The fourth-order valence-corrected chi connectivity index (χ4v) is 3.47. The molecule has 0 heterocycles. The van der Waals surface area contributed by atoms with Gasteiger partial charge in [0.2, 0.25) is 11.8 Å². The normalized spacial score (nSPS) is 15.6. The number of hydrogen-bond donors (Lipinski definition) is 2. The second-order valence-corrected chi connectivity index (χ2v) is 7.02. The van der Waals surface area contributed by atoms with E-state index in [0.29, 0.717) is 18.9 Å². The lowest BCUT2D eigenvalue weighted by atomic mass is 9.87. The molecule has 1 fully saturated rings. The zero-order chi connectivity index (χ0) is 19.5. The minimum absolute atomic E-state index is 0.0552. The Hall–Kier alpha value is -2.37. The smallest absolute Gasteiger partial charge is 0.308 e. The van der Waals surface area contributed by atoms with Crippen molar-refractivity contribution in [2.45, 2.75) is 57.9 Å². The Morgan fingerprint density at radius 1 is 1.07 bits per heavy atom. The molecule has 148 valence electrons. The number of amides is 2. The highest BCUT2D eigenvalue weighted by atomic mass is 16.5. The highest BCUT2D eigenvalue weighted by molar-refractivity contribution is 5.85. The molecular formula is C21H30N2O4. The molecule has 6 heteroatoms. The van der Waals surface area contributed by atoms with Crippen molar-refractivity contribution in [1.29, 1.82) is 0 Å². The Balaban J connectivity index is 1.83. The molecule has 2 amide bonds. The monoisotopic (exact) mass is 374 g/mol. The lowest BCUT2D eigenvalue weighted by Gasteiger charge is -2.21. The predicted molar refractivity (Wildman–Crippen MR) is 103 cm³/mol. The van der Waals surface area contributed by atoms with Crippen molar-refractivity contribution in [3.05, 3.63) is 35.9 Å². The zero-order valence-corrected chi connectivity index (χ0v) is 16.0. The van der Waals surface area contributed by atoms with Crippen LogP contribution in [0.3, 0.4) is 0 Å². The van der Waals surface area contributed by atoms with Crippen molar-refractivity contribution in [3.8, 4) is 0 Å². The van der Waals surface area contributed by atoms with Crippen molar-refractivity contribution in [2.75, 3.05) is 13.2 Å². The summed E-state index contributed by atoms with van der Waals surface area (Å²) in [5.74, 6) is -0.334. The highest BCUT2D eigenvalue weighted by Crippen LogP contribution is 2.26. The standard InChI is InChI=1S/C21H30N2O4/c1-2-27-21(26)14-18(17-11-7-4-8-12-17)23-20(25)15-22-19(24)13-16-9-5-3-6-10-16/h4,7-8,11-12,16,18H,2-3,5-6,9-10,13-15H2,1H3,(H,22,24)(H,23,25). The number of rotatable bonds is 9. The van der Waals surface area contributed by atoms with Crippen LogP contribution in [0.4, 0.5) is 0 Å². The highest BCUT2D eigenvalue weighted by Gasteiger charge is 2.20. The Labute approximate surface area is 161 Å². The maximum atomic E-state index is 12.3. The number of benzene rings is 1. The lowest BCUT2D eigenvalue weighted by Crippen LogP contribution is -2.39. The van der Waals surface area contributed by atoms with E-state index in [0.717, 1.165) is 18.4 Å². The van der Waals surface area contributed by atoms with Crippen molar-refractivity contribution in [2.24, 2.45) is 5.92 Å². The van der Waals surface area contributed by atoms with Crippen LogP contribution in [0.2, 0.25) is 0 Å². The van der Waals surface area contributed by atoms with Gasteiger partial charge in [-0.2, -0.15) is 0 Å². The van der Waals surface area contributed by atoms with Crippen molar-refractivity contribution < 1.29 is 19.1 Å². The SMILES string of the molecule is CCOC(=O)CC(NC(=O)CNC(=O)CC1CCCCC1)c1ccccc1. The van der Waals surface area contributed by atoms with E-state index in [9.17, 15) is 14.4 Å². The van der Waals surface area contributed by atoms with E-state index >= 15 is 0 Å². The van der Waals surface area contributed by atoms with Gasteiger partial charge in [0.25, 0.3) is 0 Å². The maximum Gasteiger partial charge on any atom is 0.308 e. The molecule has 0 bridgehead atoms. The molecule has 0 aliphatic heterocycles. The summed E-state index contributed by atoms with van der Waals surface area (Å²) in [5.41, 5.74) is 0.826. The van der Waals surface area contributed by atoms with Crippen molar-refractivity contribution >= 4 is 17.8 Å². The van der Waals surface area contributed by atoms with Crippen LogP contribution in [-0.2, 0) is 19.1 Å². The molecule has 1 aliphatic carbocycles. The van der Waals surface area contributed by atoms with E-state index in [4.69, 9.17) is 4.74 Å². The molecule has 0 aromatic heterocycles. The van der Waals surface area contributed by atoms with Crippen LogP contribution >= 0.6 is 0 Å². The van der Waals surface area contributed by atoms with Crippen LogP contribution in [0.5, 0.6) is 0 Å². The van der Waals surface area contributed by atoms with Crippen molar-refractivity contribution in [3.63, 3.8) is 0 Å². The molecule has 1 aromatic carbocycles. The van der Waals surface area contributed by atoms with Gasteiger partial charge in [0, 0.05) is 6.42 Å². The zero-order valence-electron chi connectivity index (χ0n) is 16.0. The van der Waals surface area contributed by atoms with Crippen LogP contribution in [0, 0.1) is 5.92 Å². The third kappa shape index (κ3) is 7.81. The fourth-order valence-electron chi connectivity index (χ4n) is 3.47. The second-order valence-electron chi connectivity index (χ2n) is 7.02. The van der Waals surface area contributed by atoms with Crippen LogP contribution in [0.1, 0.15) is 63.5 Å². The average molecular weight is 374 g/mol. The summed E-state index contributed by atoms with van der Waals surface area (Å²) in [5, 5.41) is 5.53. The number of carbonyl (C=O) groups is 3. The molecular weight excluding hydrogens is 344 g/mol. The maximum absolute atomic E-state index is 12.3. The van der Waals surface area contributed by atoms with Gasteiger partial charge < -0.3 is 15.4 Å². The van der Waals surface area contributed by atoms with E-state index in [1.54, 1.807) is 6.92 Å². The molecule has 0 radical (unpaired) electrons. The van der Waals surface area contributed by atoms with Crippen LogP contribution in [0.15, 0.2) is 30.3 Å². The molecule has 0 saturated heterocycles. The Bertz CT molecular complexity index is 612. The van der Waals surface area contributed by atoms with Gasteiger partial charge in [0.15, 0.2) is 0 Å². The largest absolute Gasteiger partial charge is 0.466 e. The second kappa shape index (κ2) is 11.4. The molecule has 6 nitrogen and oxygen atoms in total. The summed E-state index contributed by atoms with van der Waals surface area (Å²) in [4.78, 5) is 36.2. The number of esters is 1. The third-order valence-corrected chi connectivity index (χ3v) is 4.86. The van der Waals surface area contributed by atoms with Gasteiger partial charge in [-0.15, -0.1) is 0 Å². The summed E-state index contributed by atoms with van der Waals surface area (Å²) in [7, 11) is 0. The van der Waals surface area contributed by atoms with E-state index in [2.05, 4.69) is 10.6 Å². The van der Waals surface area contributed by atoms with Gasteiger partial charge in [0.1, 0.15) is 0 Å². The van der Waals surface area contributed by atoms with Crippen LogP contribution in [-0.4, -0.2) is 30.9 Å². The molecule has 0 spiro atoms. The van der Waals surface area contributed by atoms with Gasteiger partial charge in [0.05, 0.1) is 25.6 Å². The van der Waals surface area contributed by atoms with Gasteiger partial charge >= 0.3 is 5.97 Å². The molecule has 1 unspecified atom stereocenters. The predicted octanol–water partition coefficient (Wildman–Crippen LogP) is 2.88. The van der Waals surface area contributed by atoms with E-state index in [1.807, 2.05) is 30.3 Å². The van der Waals surface area contributed by atoms with Gasteiger partial charge in [-0.1, -0.05) is 49.6 Å². The number of carbonyl (C=O) groups excluding carboxylic acids is 3. The first-order valence-corrected chi connectivity index (χ1v) is 9.85. The first-order chi connectivity index (χ1) is 13.1. The van der Waals surface area contributed by atoms with E-state index in [-0.39, 0.29) is 30.7 Å². The molecule has 1 aromatic rings. The van der Waals surface area contributed by atoms with Crippen LogP contribution in [0.25, 0.3) is 0 Å². The van der Waals surface area contributed by atoms with Crippen molar-refractivity contribution in [1.82, 2.24) is 10.6 Å². The van der Waals surface area contributed by atoms with E-state index in [1.165, 1.54) is 19.3 Å². The van der Waals surface area contributed by atoms with Gasteiger partial charge in [-0.3, -0.25) is 14.4 Å². The topological polar surface area (TPSA) is 84.5 Å². The molecule has 1 atom stereocenters. The quantitative estimate of drug-likeness (QED) is 0.651. The molecule has 27 heavy (non-hydrogen) atoms. The number of ether oxygens (including phenoxy) is 1. The minimum atomic E-state index is -0.479. The summed E-state index contributed by atoms with van der Waals surface area (Å²) < 4.78 is 5.00. The molecule has 1 aliphatic rings. The summed E-state index contributed by atoms with van der Waals surface area (Å²) in [6.45, 7) is 1.96. The minimum Gasteiger partial charge on any atom is -0.466 e. The first kappa shape index (κ1) is 20.9. The van der Waals surface area contributed by atoms with E-state index < -0.39 is 6.04 Å². The summed E-state index contributed by atoms with van der Waals surface area (Å²) in [6.07, 6.45) is 6.35. The number of nitrogens with one attached hydrogen (secondary N) is 2. The first-order valence-electron chi connectivity index (χ1n) is 9.85. The number of hydrogen-bond acceptors (Lipinski definition) is 4. The molecule has 2 rings (SSSR count). The molecule has 2 N–H and O–H groups in total. The lowest BCUT2D eigenvalue weighted by molar-refractivity contribution is -0.144. The van der Waals surface area contributed by atoms with Crippen LogP contribution < -0.4 is 10.6 Å². The van der Waals surface area contributed by atoms with Gasteiger partial charge in [-0.05, 0) is 31.2 Å². The Morgan fingerprint density at radius 3 is 2.44 bits per heavy atom. The molecule has 1 saturated carbocycles. The fraction of sp³-hybridized carbons (Fsp3) is 0.571. The van der Waals surface area contributed by atoms with Gasteiger partial charge in [-0.25, -0.2) is 0 Å². The Kier molecular flexibility index (Phi) is 8.81. The summed E-state index contributed by atoms with van der Waals surface area (Å²) >= 11 is 0. The third-order valence-electron chi connectivity index (χ3n) is 4.86.